The molecule has 0 aromatic heterocycles. The first-order chi connectivity index (χ1) is 13.3. The number of carbonyl (C=O) groups is 3. The summed E-state index contributed by atoms with van der Waals surface area (Å²) in [7, 11) is 1.45. The summed E-state index contributed by atoms with van der Waals surface area (Å²) in [5.41, 5.74) is 0.394. The summed E-state index contributed by atoms with van der Waals surface area (Å²) in [5.74, 6) is 0.337. The van der Waals surface area contributed by atoms with Gasteiger partial charge < -0.3 is 23.8 Å². The Morgan fingerprint density at radius 1 is 1.14 bits per heavy atom. The Morgan fingerprint density at radius 3 is 2.54 bits per heavy atom. The molecule has 0 saturated carbocycles. The molecule has 3 rings (SSSR count). The number of nitrogens with zero attached hydrogens (tertiary/aromatic N) is 2. The van der Waals surface area contributed by atoms with Gasteiger partial charge in [-0.3, -0.25) is 14.5 Å². The summed E-state index contributed by atoms with van der Waals surface area (Å²) in [4.78, 5) is 39.9. The van der Waals surface area contributed by atoms with E-state index in [-0.39, 0.29) is 19.1 Å². The van der Waals surface area contributed by atoms with Crippen LogP contribution in [-0.2, 0) is 14.3 Å². The summed E-state index contributed by atoms with van der Waals surface area (Å²) in [6.45, 7) is 5.08. The summed E-state index contributed by atoms with van der Waals surface area (Å²) in [6, 6.07) is 4.07. The molecule has 2 heterocycles. The zero-order chi connectivity index (χ0) is 20.3. The first-order valence-corrected chi connectivity index (χ1v) is 9.14. The van der Waals surface area contributed by atoms with Gasteiger partial charge in [0.25, 0.3) is 0 Å². The van der Waals surface area contributed by atoms with Gasteiger partial charge in [0.2, 0.25) is 13.1 Å². The predicted octanol–water partition coefficient (Wildman–Crippen LogP) is 1.65. The molecule has 0 N–H and O–H groups in total. The van der Waals surface area contributed by atoms with Crippen LogP contribution in [0.3, 0.4) is 0 Å². The normalized spacial score (nSPS) is 17.2. The van der Waals surface area contributed by atoms with Gasteiger partial charge in [0.15, 0.2) is 17.3 Å². The number of ketones is 1. The number of amides is 1. The van der Waals surface area contributed by atoms with Crippen molar-refractivity contribution in [3.8, 4) is 11.5 Å². The first-order valence-electron chi connectivity index (χ1n) is 9.14. The predicted molar refractivity (Wildman–Crippen MR) is 97.2 cm³/mol. The maximum Gasteiger partial charge on any atom is 0.413 e. The highest BCUT2D eigenvalue weighted by atomic mass is 16.7. The molecule has 0 aliphatic carbocycles. The first kappa shape index (κ1) is 19.9. The second-order valence-electron chi connectivity index (χ2n) is 6.79. The fourth-order valence-electron chi connectivity index (χ4n) is 2.82. The summed E-state index contributed by atoms with van der Waals surface area (Å²) in [5, 5.41) is 0. The number of Topliss-reactive ketones (excluding diaryl/α,β-unsaturated/α-hetero) is 1. The number of hydrogen-bond donors (Lipinski definition) is 0. The summed E-state index contributed by atoms with van der Waals surface area (Å²) in [6.07, 6.45) is -0.736. The number of esters is 1. The van der Waals surface area contributed by atoms with Crippen LogP contribution in [0.15, 0.2) is 18.2 Å². The van der Waals surface area contributed by atoms with E-state index >= 15 is 0 Å². The number of fused-ring (bicyclic) bond motifs is 1. The minimum absolute atomic E-state index is 0.114. The molecule has 1 aromatic rings. The maximum absolute atomic E-state index is 12.7. The third-order valence-corrected chi connectivity index (χ3v) is 4.77. The summed E-state index contributed by atoms with van der Waals surface area (Å²) < 4.78 is 20.7. The lowest BCUT2D eigenvalue weighted by atomic mass is 10.0. The van der Waals surface area contributed by atoms with E-state index in [9.17, 15) is 14.4 Å². The fraction of sp³-hybridized carbons (Fsp3) is 0.526. The van der Waals surface area contributed by atoms with Gasteiger partial charge in [-0.25, -0.2) is 4.79 Å². The molecule has 1 amide bonds. The molecule has 2 aliphatic heterocycles. The highest BCUT2D eigenvalue weighted by molar-refractivity contribution is 6.01. The lowest BCUT2D eigenvalue weighted by Crippen LogP contribution is -2.44. The van der Waals surface area contributed by atoms with Crippen LogP contribution in [0, 0.1) is 0 Å². The van der Waals surface area contributed by atoms with E-state index in [1.807, 2.05) is 4.90 Å². The van der Waals surface area contributed by atoms with E-state index < -0.39 is 24.4 Å². The smallest absolute Gasteiger partial charge is 0.413 e. The average molecular weight is 392 g/mol. The largest absolute Gasteiger partial charge is 0.454 e. The number of likely N-dealkylation sites (N-methyl/N-ethyl adjacent to an activating group) is 1. The molecule has 2 aliphatic rings. The van der Waals surface area contributed by atoms with E-state index in [4.69, 9.17) is 18.9 Å². The van der Waals surface area contributed by atoms with Crippen molar-refractivity contribution in [2.75, 3.05) is 33.5 Å². The van der Waals surface area contributed by atoms with Crippen molar-refractivity contribution < 1.29 is 33.3 Å². The van der Waals surface area contributed by atoms with Crippen molar-refractivity contribution >= 4 is 17.8 Å². The number of rotatable bonds is 7. The molecule has 0 bridgehead atoms. The van der Waals surface area contributed by atoms with Crippen LogP contribution in [0.25, 0.3) is 0 Å². The molecule has 28 heavy (non-hydrogen) atoms. The third kappa shape index (κ3) is 4.53. The topological polar surface area (TPSA) is 94.6 Å². The van der Waals surface area contributed by atoms with Gasteiger partial charge in [-0.2, -0.15) is 0 Å². The maximum atomic E-state index is 12.7. The van der Waals surface area contributed by atoms with Crippen LogP contribution in [0.1, 0.15) is 30.6 Å². The molecule has 2 atom stereocenters. The highest BCUT2D eigenvalue weighted by Crippen LogP contribution is 2.33. The molecule has 1 saturated heterocycles. The molecule has 9 heteroatoms. The number of ether oxygens (including phenoxy) is 4. The van der Waals surface area contributed by atoms with Gasteiger partial charge in [0.05, 0.1) is 12.6 Å². The van der Waals surface area contributed by atoms with Gasteiger partial charge >= 0.3 is 12.1 Å². The molecule has 152 valence electrons. The van der Waals surface area contributed by atoms with Crippen LogP contribution in [-0.4, -0.2) is 73.5 Å². The Kier molecular flexibility index (Phi) is 6.03. The Morgan fingerprint density at radius 2 is 1.86 bits per heavy atom. The quantitative estimate of drug-likeness (QED) is 0.393. The van der Waals surface area contributed by atoms with Crippen molar-refractivity contribution in [1.82, 2.24) is 9.80 Å². The van der Waals surface area contributed by atoms with E-state index in [1.165, 1.54) is 14.0 Å². The van der Waals surface area contributed by atoms with Crippen LogP contribution < -0.4 is 9.47 Å². The minimum Gasteiger partial charge on any atom is -0.454 e. The van der Waals surface area contributed by atoms with Crippen LogP contribution >= 0.6 is 0 Å². The second kappa shape index (κ2) is 8.47. The van der Waals surface area contributed by atoms with Gasteiger partial charge in [-0.05, 0) is 44.6 Å². The fourth-order valence-corrected chi connectivity index (χ4v) is 2.82. The van der Waals surface area contributed by atoms with Crippen LogP contribution in [0.5, 0.6) is 11.5 Å². The molecule has 0 spiro atoms. The van der Waals surface area contributed by atoms with Crippen molar-refractivity contribution in [2.45, 2.75) is 32.6 Å². The molecule has 2 unspecified atom stereocenters. The monoisotopic (exact) mass is 392 g/mol. The lowest BCUT2D eigenvalue weighted by molar-refractivity contribution is -0.168. The lowest BCUT2D eigenvalue weighted by Gasteiger charge is -2.30. The standard InChI is InChI=1S/C19H24N2O7/c1-12(18(23)14-5-6-15-16(9-14)26-11-25-15)20(3)19(24)28-13(2)27-17(22)10-21-7-4-8-21/h5-6,9,12-13H,4,7-8,10-11H2,1-3H3. The Labute approximate surface area is 163 Å². The third-order valence-electron chi connectivity index (χ3n) is 4.77. The average Bonchev–Trinajstić information content (AvgIpc) is 3.10. The van der Waals surface area contributed by atoms with Crippen molar-refractivity contribution in [2.24, 2.45) is 0 Å². The highest BCUT2D eigenvalue weighted by Gasteiger charge is 2.28. The van der Waals surface area contributed by atoms with Crippen LogP contribution in [0.2, 0.25) is 0 Å². The van der Waals surface area contributed by atoms with Crippen LogP contribution in [0.4, 0.5) is 4.79 Å². The molecular weight excluding hydrogens is 368 g/mol. The number of likely N-dealkylation sites (tertiary alicyclic amines) is 1. The van der Waals surface area contributed by atoms with E-state index in [0.29, 0.717) is 17.1 Å². The van der Waals surface area contributed by atoms with E-state index in [2.05, 4.69) is 0 Å². The summed E-state index contributed by atoms with van der Waals surface area (Å²) >= 11 is 0. The zero-order valence-electron chi connectivity index (χ0n) is 16.2. The Balaban J connectivity index is 1.51. The van der Waals surface area contributed by atoms with Gasteiger partial charge in [-0.1, -0.05) is 0 Å². The number of hydrogen-bond acceptors (Lipinski definition) is 8. The van der Waals surface area contributed by atoms with Gasteiger partial charge in [0, 0.05) is 19.5 Å². The van der Waals surface area contributed by atoms with E-state index in [1.54, 1.807) is 25.1 Å². The van der Waals surface area contributed by atoms with E-state index in [0.717, 1.165) is 24.4 Å². The second-order valence-corrected chi connectivity index (χ2v) is 6.79. The number of carbonyl (C=O) groups excluding carboxylic acids is 3. The van der Waals surface area contributed by atoms with Gasteiger partial charge in [-0.15, -0.1) is 0 Å². The molecule has 1 fully saturated rings. The molecule has 1 aromatic carbocycles. The molecule has 0 radical (unpaired) electrons. The Bertz CT molecular complexity index is 763. The van der Waals surface area contributed by atoms with Crippen molar-refractivity contribution in [3.63, 3.8) is 0 Å². The van der Waals surface area contributed by atoms with Crippen molar-refractivity contribution in [3.05, 3.63) is 23.8 Å². The zero-order valence-corrected chi connectivity index (χ0v) is 16.2. The molecular formula is C19H24N2O7. The number of benzene rings is 1. The molecule has 9 nitrogen and oxygen atoms in total. The van der Waals surface area contributed by atoms with Gasteiger partial charge in [0.1, 0.15) is 0 Å². The Hall–Kier alpha value is -2.81. The SMILES string of the molecule is CC(OC(=O)CN1CCC1)OC(=O)N(C)C(C)C(=O)c1ccc2c(c1)OCO2. The van der Waals surface area contributed by atoms with Crippen molar-refractivity contribution in [1.29, 1.82) is 0 Å². The minimum atomic E-state index is -1.04.